The number of sulfone groups is 1. The van der Waals surface area contributed by atoms with E-state index in [2.05, 4.69) is 0 Å². The summed E-state index contributed by atoms with van der Waals surface area (Å²) in [6.07, 6.45) is 0. The van der Waals surface area contributed by atoms with Gasteiger partial charge in [-0.25, -0.2) is 17.2 Å². The predicted octanol–water partition coefficient (Wildman–Crippen LogP) is 3.17. The first-order valence-corrected chi connectivity index (χ1v) is 7.54. The number of nitrogens with two attached hydrogens (primary N) is 1. The van der Waals surface area contributed by atoms with Gasteiger partial charge in [0.05, 0.1) is 21.4 Å². The van der Waals surface area contributed by atoms with Crippen LogP contribution in [-0.2, 0) is 15.6 Å². The van der Waals surface area contributed by atoms with E-state index in [4.69, 9.17) is 17.3 Å². The molecule has 7 heteroatoms. The lowest BCUT2D eigenvalue weighted by atomic mass is 10.2. The third-order valence-electron chi connectivity index (χ3n) is 2.67. The highest BCUT2D eigenvalue weighted by Crippen LogP contribution is 2.22. The quantitative estimate of drug-likeness (QED) is 0.884. The molecule has 0 saturated carbocycles. The van der Waals surface area contributed by atoms with Crippen LogP contribution in [0.25, 0.3) is 0 Å². The van der Waals surface area contributed by atoms with Gasteiger partial charge in [-0.1, -0.05) is 17.7 Å². The molecule has 0 spiro atoms. The third-order valence-corrected chi connectivity index (χ3v) is 4.65. The van der Waals surface area contributed by atoms with E-state index in [1.807, 2.05) is 0 Å². The fourth-order valence-electron chi connectivity index (χ4n) is 1.63. The molecule has 2 aromatic rings. The molecule has 0 saturated heterocycles. The summed E-state index contributed by atoms with van der Waals surface area (Å²) >= 11 is 5.59. The molecule has 0 bridgehead atoms. The zero-order valence-electron chi connectivity index (χ0n) is 10.1. The molecule has 0 fully saturated rings. The molecule has 106 valence electrons. The molecule has 2 rings (SSSR count). The second kappa shape index (κ2) is 5.38. The van der Waals surface area contributed by atoms with E-state index in [0.29, 0.717) is 5.56 Å². The summed E-state index contributed by atoms with van der Waals surface area (Å²) in [5.74, 6) is -1.84. The number of rotatable bonds is 3. The fourth-order valence-corrected chi connectivity index (χ4v) is 3.18. The second-order valence-corrected chi connectivity index (χ2v) is 6.59. The lowest BCUT2D eigenvalue weighted by Crippen LogP contribution is -2.06. The number of hydrogen-bond donors (Lipinski definition) is 1. The van der Waals surface area contributed by atoms with E-state index in [1.165, 1.54) is 24.3 Å². The smallest absolute Gasteiger partial charge is 0.182 e. The number of benzene rings is 2. The van der Waals surface area contributed by atoms with Gasteiger partial charge in [-0.2, -0.15) is 0 Å². The van der Waals surface area contributed by atoms with E-state index < -0.39 is 27.2 Å². The van der Waals surface area contributed by atoms with Gasteiger partial charge < -0.3 is 5.73 Å². The van der Waals surface area contributed by atoms with Gasteiger partial charge in [0.15, 0.2) is 9.84 Å². The first-order chi connectivity index (χ1) is 9.29. The largest absolute Gasteiger partial charge is 0.396 e. The minimum absolute atomic E-state index is 0.131. The average molecular weight is 318 g/mol. The Kier molecular flexibility index (Phi) is 3.96. The van der Waals surface area contributed by atoms with Crippen molar-refractivity contribution in [1.82, 2.24) is 0 Å². The van der Waals surface area contributed by atoms with Crippen molar-refractivity contribution in [1.29, 1.82) is 0 Å². The van der Waals surface area contributed by atoms with Crippen molar-refractivity contribution in [3.05, 3.63) is 58.6 Å². The van der Waals surface area contributed by atoms with Gasteiger partial charge in [-0.15, -0.1) is 0 Å². The molecular weight excluding hydrogens is 308 g/mol. The maximum absolute atomic E-state index is 13.3. The van der Waals surface area contributed by atoms with Crippen LogP contribution in [0.4, 0.5) is 14.5 Å². The molecule has 0 radical (unpaired) electrons. The van der Waals surface area contributed by atoms with Gasteiger partial charge in [0.25, 0.3) is 0 Å². The molecule has 2 N–H and O–H groups in total. The number of hydrogen-bond acceptors (Lipinski definition) is 3. The molecule has 0 unspecified atom stereocenters. The highest BCUT2D eigenvalue weighted by Gasteiger charge is 2.17. The van der Waals surface area contributed by atoms with Crippen molar-refractivity contribution in [3.8, 4) is 0 Å². The molecule has 0 aromatic heterocycles. The summed E-state index contributed by atoms with van der Waals surface area (Å²) in [7, 11) is -3.76. The molecule has 0 aliphatic rings. The standard InChI is InChI=1S/C13H10ClF2NO2S/c14-10-5-8(1-3-11(10)15)7-20(18,19)9-2-4-13(17)12(16)6-9/h1-6H,7,17H2. The summed E-state index contributed by atoms with van der Waals surface area (Å²) in [6.45, 7) is 0. The fraction of sp³-hybridized carbons (Fsp3) is 0.0769. The summed E-state index contributed by atoms with van der Waals surface area (Å²) < 4.78 is 50.5. The van der Waals surface area contributed by atoms with E-state index in [0.717, 1.165) is 12.1 Å². The monoisotopic (exact) mass is 317 g/mol. The Labute approximate surface area is 119 Å². The third kappa shape index (κ3) is 3.08. The van der Waals surface area contributed by atoms with Crippen LogP contribution in [0, 0.1) is 11.6 Å². The van der Waals surface area contributed by atoms with Gasteiger partial charge in [-0.3, -0.25) is 0 Å². The van der Waals surface area contributed by atoms with Gasteiger partial charge in [-0.05, 0) is 35.9 Å². The van der Waals surface area contributed by atoms with Crippen LogP contribution in [-0.4, -0.2) is 8.42 Å². The average Bonchev–Trinajstić information content (AvgIpc) is 2.37. The number of halogens is 3. The molecule has 2 aromatic carbocycles. The summed E-state index contributed by atoms with van der Waals surface area (Å²) in [5, 5.41) is -0.166. The van der Waals surface area contributed by atoms with E-state index in [9.17, 15) is 17.2 Å². The normalized spacial score (nSPS) is 11.6. The molecular formula is C13H10ClF2NO2S. The van der Waals surface area contributed by atoms with Crippen molar-refractivity contribution in [2.24, 2.45) is 0 Å². The highest BCUT2D eigenvalue weighted by molar-refractivity contribution is 7.90. The molecule has 0 heterocycles. The Balaban J connectivity index is 2.35. The SMILES string of the molecule is Nc1ccc(S(=O)(=O)Cc2ccc(F)c(Cl)c2)cc1F. The van der Waals surface area contributed by atoms with Crippen LogP contribution in [0.15, 0.2) is 41.3 Å². The first-order valence-electron chi connectivity index (χ1n) is 5.51. The Morgan fingerprint density at radius 1 is 1.05 bits per heavy atom. The predicted molar refractivity (Wildman–Crippen MR) is 73.1 cm³/mol. The molecule has 0 aliphatic heterocycles. The molecule has 0 amide bonds. The van der Waals surface area contributed by atoms with E-state index in [1.54, 1.807) is 0 Å². The van der Waals surface area contributed by atoms with Gasteiger partial charge in [0.2, 0.25) is 0 Å². The van der Waals surface area contributed by atoms with Crippen molar-refractivity contribution in [3.63, 3.8) is 0 Å². The lowest BCUT2D eigenvalue weighted by molar-refractivity contribution is 0.590. The van der Waals surface area contributed by atoms with E-state index in [-0.39, 0.29) is 15.6 Å². The Bertz CT molecular complexity index is 763. The molecule has 0 atom stereocenters. The topological polar surface area (TPSA) is 60.2 Å². The zero-order chi connectivity index (χ0) is 14.9. The van der Waals surface area contributed by atoms with Crippen LogP contribution in [0.3, 0.4) is 0 Å². The summed E-state index contributed by atoms with van der Waals surface area (Å²) in [4.78, 5) is -0.190. The maximum atomic E-state index is 13.3. The van der Waals surface area contributed by atoms with Crippen LogP contribution in [0.2, 0.25) is 5.02 Å². The molecule has 0 aliphatic carbocycles. The van der Waals surface area contributed by atoms with Gasteiger partial charge >= 0.3 is 0 Å². The Hall–Kier alpha value is -1.66. The van der Waals surface area contributed by atoms with Crippen molar-refractivity contribution in [2.45, 2.75) is 10.6 Å². The van der Waals surface area contributed by atoms with Crippen molar-refractivity contribution >= 4 is 27.1 Å². The summed E-state index contributed by atoms with van der Waals surface area (Å²) in [5.41, 5.74) is 5.47. The second-order valence-electron chi connectivity index (χ2n) is 4.19. The first kappa shape index (κ1) is 14.7. The van der Waals surface area contributed by atoms with Gasteiger partial charge in [0, 0.05) is 0 Å². The Morgan fingerprint density at radius 2 is 1.75 bits per heavy atom. The van der Waals surface area contributed by atoms with Crippen molar-refractivity contribution in [2.75, 3.05) is 5.73 Å². The molecule has 20 heavy (non-hydrogen) atoms. The van der Waals surface area contributed by atoms with Crippen LogP contribution in [0.5, 0.6) is 0 Å². The van der Waals surface area contributed by atoms with E-state index >= 15 is 0 Å². The minimum atomic E-state index is -3.76. The number of anilines is 1. The maximum Gasteiger partial charge on any atom is 0.182 e. The molecule has 3 nitrogen and oxygen atoms in total. The lowest BCUT2D eigenvalue weighted by Gasteiger charge is -2.06. The minimum Gasteiger partial charge on any atom is -0.396 e. The van der Waals surface area contributed by atoms with Gasteiger partial charge in [0.1, 0.15) is 11.6 Å². The highest BCUT2D eigenvalue weighted by atomic mass is 35.5. The van der Waals surface area contributed by atoms with Crippen LogP contribution >= 0.6 is 11.6 Å². The Morgan fingerprint density at radius 3 is 2.35 bits per heavy atom. The van der Waals surface area contributed by atoms with Crippen LogP contribution < -0.4 is 5.73 Å². The van der Waals surface area contributed by atoms with Crippen molar-refractivity contribution < 1.29 is 17.2 Å². The number of nitrogen functional groups attached to an aromatic ring is 1. The summed E-state index contributed by atoms with van der Waals surface area (Å²) in [6, 6.07) is 6.87. The zero-order valence-corrected chi connectivity index (χ0v) is 11.7. The van der Waals surface area contributed by atoms with Crippen LogP contribution in [0.1, 0.15) is 5.56 Å².